The lowest BCUT2D eigenvalue weighted by Gasteiger charge is -2.23. The quantitative estimate of drug-likeness (QED) is 0.578. The number of hydrogen-bond acceptors (Lipinski definition) is 3. The van der Waals surface area contributed by atoms with Gasteiger partial charge in [0, 0.05) is 6.04 Å². The lowest BCUT2D eigenvalue weighted by Crippen LogP contribution is -2.32. The molecule has 1 aliphatic rings. The summed E-state index contributed by atoms with van der Waals surface area (Å²) in [5, 5.41) is 20.9. The van der Waals surface area contributed by atoms with Crippen molar-refractivity contribution >= 4 is 11.9 Å². The Balaban J connectivity index is 2.13. The van der Waals surface area contributed by atoms with Gasteiger partial charge < -0.3 is 15.5 Å². The molecule has 0 aliphatic heterocycles. The van der Waals surface area contributed by atoms with E-state index in [0.29, 0.717) is 12.5 Å². The third-order valence-electron chi connectivity index (χ3n) is 3.54. The Hall–Kier alpha value is -1.10. The molecule has 18 heavy (non-hydrogen) atoms. The molecular weight excluding hydrogens is 234 g/mol. The predicted octanol–water partition coefficient (Wildman–Crippen LogP) is 1.86. The van der Waals surface area contributed by atoms with Crippen LogP contribution >= 0.6 is 0 Å². The molecule has 0 bridgehead atoms. The van der Waals surface area contributed by atoms with E-state index in [4.69, 9.17) is 10.2 Å². The van der Waals surface area contributed by atoms with Gasteiger partial charge in [-0.05, 0) is 32.2 Å². The molecule has 0 heterocycles. The number of carboxylic acids is 2. The van der Waals surface area contributed by atoms with Crippen LogP contribution in [0.2, 0.25) is 0 Å². The lowest BCUT2D eigenvalue weighted by atomic mass is 9.95. The molecule has 3 N–H and O–H groups in total. The molecule has 0 radical (unpaired) electrons. The molecule has 1 rings (SSSR count). The Morgan fingerprint density at radius 1 is 1.17 bits per heavy atom. The molecule has 0 spiro atoms. The van der Waals surface area contributed by atoms with Crippen LogP contribution in [0.4, 0.5) is 0 Å². The predicted molar refractivity (Wildman–Crippen MR) is 67.5 cm³/mol. The van der Waals surface area contributed by atoms with Crippen molar-refractivity contribution in [2.24, 2.45) is 5.92 Å². The maximum Gasteiger partial charge on any atom is 0.307 e. The maximum atomic E-state index is 10.8. The molecule has 1 fully saturated rings. The van der Waals surface area contributed by atoms with Crippen molar-refractivity contribution in [3.63, 3.8) is 0 Å². The van der Waals surface area contributed by atoms with Crippen LogP contribution < -0.4 is 5.32 Å². The highest BCUT2D eigenvalue weighted by atomic mass is 16.4. The Morgan fingerprint density at radius 3 is 2.39 bits per heavy atom. The normalized spacial score (nSPS) is 18.4. The fraction of sp³-hybridized carbons (Fsp3) is 0.846. The summed E-state index contributed by atoms with van der Waals surface area (Å²) in [6.45, 7) is 0.786. The number of nitrogens with one attached hydrogen (secondary N) is 1. The topological polar surface area (TPSA) is 86.6 Å². The van der Waals surface area contributed by atoms with Gasteiger partial charge in [0.1, 0.15) is 0 Å². The monoisotopic (exact) mass is 257 g/mol. The van der Waals surface area contributed by atoms with Crippen LogP contribution in [-0.4, -0.2) is 34.7 Å². The first-order chi connectivity index (χ1) is 8.59. The summed E-state index contributed by atoms with van der Waals surface area (Å²) in [5.74, 6) is -2.80. The first-order valence-electron chi connectivity index (χ1n) is 6.77. The van der Waals surface area contributed by atoms with E-state index in [9.17, 15) is 9.59 Å². The summed E-state index contributed by atoms with van der Waals surface area (Å²) in [7, 11) is 0. The van der Waals surface area contributed by atoms with Crippen molar-refractivity contribution in [1.29, 1.82) is 0 Å². The molecule has 0 amide bonds. The van der Waals surface area contributed by atoms with Crippen molar-refractivity contribution in [2.75, 3.05) is 6.54 Å². The molecule has 1 aliphatic carbocycles. The van der Waals surface area contributed by atoms with E-state index < -0.39 is 17.9 Å². The van der Waals surface area contributed by atoms with Crippen LogP contribution in [0.5, 0.6) is 0 Å². The van der Waals surface area contributed by atoms with Gasteiger partial charge in [-0.2, -0.15) is 0 Å². The van der Waals surface area contributed by atoms with E-state index >= 15 is 0 Å². The molecule has 1 atom stereocenters. The zero-order chi connectivity index (χ0) is 13.4. The lowest BCUT2D eigenvalue weighted by molar-refractivity contribution is -0.148. The second kappa shape index (κ2) is 8.08. The third-order valence-corrected chi connectivity index (χ3v) is 3.54. The largest absolute Gasteiger partial charge is 0.481 e. The Bertz CT molecular complexity index is 274. The number of rotatable bonds is 8. The van der Waals surface area contributed by atoms with Crippen LogP contribution in [0.25, 0.3) is 0 Å². The summed E-state index contributed by atoms with van der Waals surface area (Å²) >= 11 is 0. The zero-order valence-corrected chi connectivity index (χ0v) is 10.7. The molecule has 0 aromatic heterocycles. The number of hydrogen-bond donors (Lipinski definition) is 3. The SMILES string of the molecule is O=C(O)CC(CCCNC1CCCCC1)C(=O)O. The first-order valence-corrected chi connectivity index (χ1v) is 6.77. The molecule has 1 saturated carbocycles. The van der Waals surface area contributed by atoms with E-state index in [1.165, 1.54) is 32.1 Å². The molecule has 5 nitrogen and oxygen atoms in total. The molecule has 104 valence electrons. The second-order valence-electron chi connectivity index (χ2n) is 5.06. The Kier molecular flexibility index (Phi) is 6.72. The summed E-state index contributed by atoms with van der Waals surface area (Å²) in [4.78, 5) is 21.4. The summed E-state index contributed by atoms with van der Waals surface area (Å²) < 4.78 is 0. The molecule has 0 saturated heterocycles. The van der Waals surface area contributed by atoms with Gasteiger partial charge in [0.15, 0.2) is 0 Å². The fourth-order valence-electron chi connectivity index (χ4n) is 2.48. The fourth-order valence-corrected chi connectivity index (χ4v) is 2.48. The highest BCUT2D eigenvalue weighted by molar-refractivity contribution is 5.77. The molecule has 0 aromatic carbocycles. The van der Waals surface area contributed by atoms with Crippen molar-refractivity contribution in [3.05, 3.63) is 0 Å². The van der Waals surface area contributed by atoms with Crippen molar-refractivity contribution in [2.45, 2.75) is 57.4 Å². The molecule has 0 aromatic rings. The third kappa shape index (κ3) is 6.00. The summed E-state index contributed by atoms with van der Waals surface area (Å²) in [6, 6.07) is 0.571. The van der Waals surface area contributed by atoms with E-state index in [1.54, 1.807) is 0 Å². The summed E-state index contributed by atoms with van der Waals surface area (Å²) in [5.41, 5.74) is 0. The minimum atomic E-state index is -1.04. The van der Waals surface area contributed by atoms with Gasteiger partial charge in [-0.15, -0.1) is 0 Å². The average molecular weight is 257 g/mol. The van der Waals surface area contributed by atoms with Gasteiger partial charge in [-0.25, -0.2) is 0 Å². The van der Waals surface area contributed by atoms with E-state index in [1.807, 2.05) is 0 Å². The van der Waals surface area contributed by atoms with Gasteiger partial charge in [0.05, 0.1) is 12.3 Å². The molecule has 1 unspecified atom stereocenters. The first kappa shape index (κ1) is 15.0. The zero-order valence-electron chi connectivity index (χ0n) is 10.7. The number of carbonyl (C=O) groups is 2. The van der Waals surface area contributed by atoms with Gasteiger partial charge >= 0.3 is 11.9 Å². The van der Waals surface area contributed by atoms with Crippen molar-refractivity contribution in [3.8, 4) is 0 Å². The van der Waals surface area contributed by atoms with Crippen LogP contribution in [-0.2, 0) is 9.59 Å². The van der Waals surface area contributed by atoms with Crippen molar-refractivity contribution < 1.29 is 19.8 Å². The van der Waals surface area contributed by atoms with Crippen LogP contribution in [0.1, 0.15) is 51.4 Å². The maximum absolute atomic E-state index is 10.8. The number of carboxylic acid groups (broad SMARTS) is 2. The van der Waals surface area contributed by atoms with Gasteiger partial charge in [-0.3, -0.25) is 9.59 Å². The minimum absolute atomic E-state index is 0.279. The smallest absolute Gasteiger partial charge is 0.307 e. The summed E-state index contributed by atoms with van der Waals surface area (Å²) in [6.07, 6.45) is 7.15. The van der Waals surface area contributed by atoms with Crippen LogP contribution in [0, 0.1) is 5.92 Å². The van der Waals surface area contributed by atoms with Gasteiger partial charge in [0.2, 0.25) is 0 Å². The van der Waals surface area contributed by atoms with E-state index in [0.717, 1.165) is 13.0 Å². The van der Waals surface area contributed by atoms with Crippen LogP contribution in [0.15, 0.2) is 0 Å². The second-order valence-corrected chi connectivity index (χ2v) is 5.06. The molecular formula is C13H23NO4. The standard InChI is InChI=1S/C13H23NO4/c15-12(16)9-10(13(17)18)5-4-8-14-11-6-2-1-3-7-11/h10-11,14H,1-9H2,(H,15,16)(H,17,18). The van der Waals surface area contributed by atoms with Crippen LogP contribution in [0.3, 0.4) is 0 Å². The van der Waals surface area contributed by atoms with Crippen molar-refractivity contribution in [1.82, 2.24) is 5.32 Å². The Labute approximate surface area is 108 Å². The van der Waals surface area contributed by atoms with Gasteiger partial charge in [0.25, 0.3) is 0 Å². The Morgan fingerprint density at radius 2 is 1.83 bits per heavy atom. The highest BCUT2D eigenvalue weighted by Crippen LogP contribution is 2.17. The van der Waals surface area contributed by atoms with E-state index in [-0.39, 0.29) is 6.42 Å². The average Bonchev–Trinajstić information content (AvgIpc) is 2.33. The molecule has 5 heteroatoms. The highest BCUT2D eigenvalue weighted by Gasteiger charge is 2.20. The van der Waals surface area contributed by atoms with Gasteiger partial charge in [-0.1, -0.05) is 19.3 Å². The minimum Gasteiger partial charge on any atom is -0.481 e. The number of aliphatic carboxylic acids is 2. The van der Waals surface area contributed by atoms with E-state index in [2.05, 4.69) is 5.32 Å².